The fourth-order valence-electron chi connectivity index (χ4n) is 3.01. The average molecular weight is 337 g/mol. The molecule has 1 fully saturated rings. The van der Waals surface area contributed by atoms with E-state index < -0.39 is 11.8 Å². The Morgan fingerprint density at radius 3 is 2.24 bits per heavy atom. The van der Waals surface area contributed by atoms with Crippen molar-refractivity contribution >= 4 is 17.5 Å². The van der Waals surface area contributed by atoms with E-state index in [1.807, 2.05) is 49.4 Å². The van der Waals surface area contributed by atoms with Crippen LogP contribution in [-0.2, 0) is 16.1 Å². The summed E-state index contributed by atoms with van der Waals surface area (Å²) in [5.74, 6) is -0.974. The largest absolute Gasteiger partial charge is 0.368 e. The van der Waals surface area contributed by atoms with E-state index in [9.17, 15) is 9.59 Å². The first kappa shape index (κ1) is 17.0. The molecule has 5 heteroatoms. The van der Waals surface area contributed by atoms with Gasteiger partial charge in [-0.1, -0.05) is 42.5 Å². The van der Waals surface area contributed by atoms with E-state index in [0.29, 0.717) is 19.6 Å². The van der Waals surface area contributed by atoms with Crippen molar-refractivity contribution in [3.8, 4) is 0 Å². The number of hydrogen-bond donors (Lipinski definition) is 1. The number of aryl methyl sites for hydroxylation is 1. The predicted molar refractivity (Wildman–Crippen MR) is 98.3 cm³/mol. The summed E-state index contributed by atoms with van der Waals surface area (Å²) in [7, 11) is 0. The van der Waals surface area contributed by atoms with E-state index in [4.69, 9.17) is 0 Å². The molecule has 2 amide bonds. The third-order valence-electron chi connectivity index (χ3n) is 4.58. The van der Waals surface area contributed by atoms with Crippen LogP contribution in [0.3, 0.4) is 0 Å². The smallest absolute Gasteiger partial charge is 0.312 e. The third-order valence-corrected chi connectivity index (χ3v) is 4.58. The number of nitrogens with zero attached hydrogens (tertiary/aromatic N) is 2. The number of piperazine rings is 1. The number of anilines is 1. The number of hydrogen-bond acceptors (Lipinski definition) is 3. The van der Waals surface area contributed by atoms with Crippen molar-refractivity contribution in [1.29, 1.82) is 0 Å². The van der Waals surface area contributed by atoms with Gasteiger partial charge in [0.15, 0.2) is 0 Å². The molecule has 0 aliphatic carbocycles. The van der Waals surface area contributed by atoms with Gasteiger partial charge in [0.1, 0.15) is 0 Å². The maximum absolute atomic E-state index is 12.3. The number of benzene rings is 2. The fourth-order valence-corrected chi connectivity index (χ4v) is 3.01. The number of rotatable bonds is 3. The molecule has 2 aromatic carbocycles. The van der Waals surface area contributed by atoms with Crippen LogP contribution in [0, 0.1) is 6.92 Å². The van der Waals surface area contributed by atoms with Crippen LogP contribution in [0.1, 0.15) is 11.1 Å². The van der Waals surface area contributed by atoms with Crippen molar-refractivity contribution in [3.05, 3.63) is 65.7 Å². The van der Waals surface area contributed by atoms with Gasteiger partial charge in [0.2, 0.25) is 0 Å². The zero-order chi connectivity index (χ0) is 17.6. The molecule has 0 unspecified atom stereocenters. The van der Waals surface area contributed by atoms with E-state index in [1.165, 1.54) is 0 Å². The van der Waals surface area contributed by atoms with Gasteiger partial charge >= 0.3 is 11.8 Å². The minimum absolute atomic E-state index is 0.376. The Morgan fingerprint density at radius 1 is 0.920 bits per heavy atom. The Labute approximate surface area is 148 Å². The number of amides is 2. The first-order valence-corrected chi connectivity index (χ1v) is 8.57. The Hall–Kier alpha value is -2.82. The van der Waals surface area contributed by atoms with Crippen molar-refractivity contribution in [3.63, 3.8) is 0 Å². The van der Waals surface area contributed by atoms with Gasteiger partial charge in [-0.2, -0.15) is 0 Å². The Morgan fingerprint density at radius 2 is 1.56 bits per heavy atom. The van der Waals surface area contributed by atoms with E-state index in [-0.39, 0.29) is 0 Å². The molecule has 1 heterocycles. The predicted octanol–water partition coefficient (Wildman–Crippen LogP) is 1.96. The molecular formula is C20H23N3O2. The molecular weight excluding hydrogens is 314 g/mol. The van der Waals surface area contributed by atoms with E-state index >= 15 is 0 Å². The quantitative estimate of drug-likeness (QED) is 0.871. The van der Waals surface area contributed by atoms with Crippen molar-refractivity contribution in [2.45, 2.75) is 13.5 Å². The van der Waals surface area contributed by atoms with Gasteiger partial charge in [0, 0.05) is 38.4 Å². The normalized spacial score (nSPS) is 14.3. The van der Waals surface area contributed by atoms with Gasteiger partial charge in [0.05, 0.1) is 0 Å². The second-order valence-corrected chi connectivity index (χ2v) is 6.22. The standard InChI is InChI=1S/C20H23N3O2/c1-16-7-5-6-8-17(16)15-21-19(24)20(25)23-13-11-22(12-14-23)18-9-3-2-4-10-18/h2-10H,11-15H2,1H3,(H,21,24). The number of carbonyl (C=O) groups is 2. The Kier molecular flexibility index (Phi) is 5.33. The highest BCUT2D eigenvalue weighted by molar-refractivity contribution is 6.35. The SMILES string of the molecule is Cc1ccccc1CNC(=O)C(=O)N1CCN(c2ccccc2)CC1. The van der Waals surface area contributed by atoms with Gasteiger partial charge in [-0.25, -0.2) is 0 Å². The van der Waals surface area contributed by atoms with Crippen molar-refractivity contribution in [2.75, 3.05) is 31.1 Å². The van der Waals surface area contributed by atoms with Crippen LogP contribution < -0.4 is 10.2 Å². The van der Waals surface area contributed by atoms with Gasteiger partial charge < -0.3 is 15.1 Å². The molecule has 1 aliphatic heterocycles. The van der Waals surface area contributed by atoms with Crippen LogP contribution in [0.15, 0.2) is 54.6 Å². The minimum Gasteiger partial charge on any atom is -0.368 e. The van der Waals surface area contributed by atoms with Gasteiger partial charge in [-0.05, 0) is 30.2 Å². The summed E-state index contributed by atoms with van der Waals surface area (Å²) in [5.41, 5.74) is 3.28. The van der Waals surface area contributed by atoms with Gasteiger partial charge in [-0.15, -0.1) is 0 Å². The van der Waals surface area contributed by atoms with Crippen LogP contribution in [0.5, 0.6) is 0 Å². The van der Waals surface area contributed by atoms with Crippen molar-refractivity contribution in [1.82, 2.24) is 10.2 Å². The summed E-state index contributed by atoms with van der Waals surface area (Å²) in [6.07, 6.45) is 0. The summed E-state index contributed by atoms with van der Waals surface area (Å²) < 4.78 is 0. The lowest BCUT2D eigenvalue weighted by molar-refractivity contribution is -0.146. The molecule has 1 saturated heterocycles. The molecule has 1 aliphatic rings. The Balaban J connectivity index is 1.50. The highest BCUT2D eigenvalue weighted by atomic mass is 16.2. The monoisotopic (exact) mass is 337 g/mol. The van der Waals surface area contributed by atoms with Gasteiger partial charge in [0.25, 0.3) is 0 Å². The first-order valence-electron chi connectivity index (χ1n) is 8.57. The Bertz CT molecular complexity index is 738. The van der Waals surface area contributed by atoms with Crippen molar-refractivity contribution in [2.24, 2.45) is 0 Å². The molecule has 3 rings (SSSR count). The average Bonchev–Trinajstić information content (AvgIpc) is 2.67. The van der Waals surface area contributed by atoms with Crippen LogP contribution in [0.25, 0.3) is 0 Å². The lowest BCUT2D eigenvalue weighted by Crippen LogP contribution is -2.52. The lowest BCUT2D eigenvalue weighted by Gasteiger charge is -2.35. The molecule has 0 spiro atoms. The van der Waals surface area contributed by atoms with E-state index in [1.54, 1.807) is 4.90 Å². The highest BCUT2D eigenvalue weighted by Crippen LogP contribution is 2.15. The number of para-hydroxylation sites is 1. The minimum atomic E-state index is -0.531. The second-order valence-electron chi connectivity index (χ2n) is 6.22. The van der Waals surface area contributed by atoms with Crippen LogP contribution in [-0.4, -0.2) is 42.9 Å². The van der Waals surface area contributed by atoms with Crippen LogP contribution in [0.4, 0.5) is 5.69 Å². The van der Waals surface area contributed by atoms with Crippen LogP contribution in [0.2, 0.25) is 0 Å². The second kappa shape index (κ2) is 7.83. The molecule has 2 aromatic rings. The molecule has 0 atom stereocenters. The zero-order valence-electron chi connectivity index (χ0n) is 14.4. The maximum Gasteiger partial charge on any atom is 0.312 e. The van der Waals surface area contributed by atoms with Gasteiger partial charge in [-0.3, -0.25) is 9.59 Å². The number of nitrogens with one attached hydrogen (secondary N) is 1. The van der Waals surface area contributed by atoms with E-state index in [2.05, 4.69) is 22.3 Å². The summed E-state index contributed by atoms with van der Waals surface area (Å²) >= 11 is 0. The maximum atomic E-state index is 12.3. The number of carbonyl (C=O) groups excluding carboxylic acids is 2. The topological polar surface area (TPSA) is 52.7 Å². The summed E-state index contributed by atoms with van der Waals surface area (Å²) in [6, 6.07) is 18.0. The molecule has 1 N–H and O–H groups in total. The molecule has 0 aromatic heterocycles. The molecule has 130 valence electrons. The fraction of sp³-hybridized carbons (Fsp3) is 0.300. The summed E-state index contributed by atoms with van der Waals surface area (Å²) in [6.45, 7) is 4.96. The molecule has 0 bridgehead atoms. The lowest BCUT2D eigenvalue weighted by atomic mass is 10.1. The molecule has 5 nitrogen and oxygen atoms in total. The first-order chi connectivity index (χ1) is 12.1. The zero-order valence-corrected chi connectivity index (χ0v) is 14.4. The summed E-state index contributed by atoms with van der Waals surface area (Å²) in [4.78, 5) is 28.4. The van der Waals surface area contributed by atoms with Crippen LogP contribution >= 0.6 is 0 Å². The molecule has 0 radical (unpaired) electrons. The van der Waals surface area contributed by atoms with Crippen molar-refractivity contribution < 1.29 is 9.59 Å². The van der Waals surface area contributed by atoms with E-state index in [0.717, 1.165) is 29.9 Å². The third kappa shape index (κ3) is 4.18. The molecule has 0 saturated carbocycles. The highest BCUT2D eigenvalue weighted by Gasteiger charge is 2.25. The summed E-state index contributed by atoms with van der Waals surface area (Å²) in [5, 5.41) is 2.74. The molecule has 25 heavy (non-hydrogen) atoms.